The molecule has 1 aromatic rings. The van der Waals surface area contributed by atoms with Crippen LogP contribution in [0.5, 0.6) is 0 Å². The van der Waals surface area contributed by atoms with E-state index in [1.54, 1.807) is 44.2 Å². The van der Waals surface area contributed by atoms with Crippen molar-refractivity contribution in [2.45, 2.75) is 91.6 Å². The molecule has 0 aromatic heterocycles. The van der Waals surface area contributed by atoms with Crippen LogP contribution >= 0.6 is 0 Å². The lowest BCUT2D eigenvalue weighted by molar-refractivity contribution is -0.538. The van der Waals surface area contributed by atoms with Crippen LogP contribution in [0, 0.1) is 0 Å². The Morgan fingerprint density at radius 2 is 1.28 bits per heavy atom. The lowest BCUT2D eigenvalue weighted by Crippen LogP contribution is -2.41. The molecule has 9 heteroatoms. The number of carbonyl (C=O) groups is 2. The molecule has 0 saturated heterocycles. The van der Waals surface area contributed by atoms with Crippen molar-refractivity contribution in [2.75, 3.05) is 6.61 Å². The molecule has 0 saturated carbocycles. The summed E-state index contributed by atoms with van der Waals surface area (Å²) in [5, 5.41) is 7.94. The van der Waals surface area contributed by atoms with Gasteiger partial charge >= 0.3 is 11.9 Å². The second-order valence-electron chi connectivity index (χ2n) is 8.42. The van der Waals surface area contributed by atoms with Gasteiger partial charge in [0.05, 0.1) is 23.4 Å². The molecule has 0 spiro atoms. The van der Waals surface area contributed by atoms with E-state index in [4.69, 9.17) is 29.5 Å². The smallest absolute Gasteiger partial charge is 0.372 e. The summed E-state index contributed by atoms with van der Waals surface area (Å²) in [7, 11) is 0. The Morgan fingerprint density at radius 1 is 0.812 bits per heavy atom. The van der Waals surface area contributed by atoms with Crippen LogP contribution in [-0.2, 0) is 34.0 Å². The molecular weight excluding hydrogens is 420 g/mol. The number of carbonyl (C=O) groups excluding carboxylic acids is 2. The zero-order valence-electron chi connectivity index (χ0n) is 20.4. The van der Waals surface area contributed by atoms with Crippen molar-refractivity contribution in [2.24, 2.45) is 0 Å². The number of hydrogen-bond donors (Lipinski definition) is 1. The van der Waals surface area contributed by atoms with Crippen LogP contribution in [0.2, 0.25) is 0 Å². The topological polar surface area (TPSA) is 110 Å². The summed E-state index contributed by atoms with van der Waals surface area (Å²) >= 11 is 0. The molecule has 0 aliphatic rings. The molecule has 9 nitrogen and oxygen atoms in total. The fourth-order valence-corrected chi connectivity index (χ4v) is 1.69. The predicted octanol–water partition coefficient (Wildman–Crippen LogP) is 5.25. The first-order chi connectivity index (χ1) is 14.8. The van der Waals surface area contributed by atoms with Crippen LogP contribution in [0.15, 0.2) is 30.3 Å². The minimum atomic E-state index is -1.38. The summed E-state index contributed by atoms with van der Waals surface area (Å²) in [6, 6.07) is 8.25. The first-order valence-electron chi connectivity index (χ1n) is 10.6. The van der Waals surface area contributed by atoms with Gasteiger partial charge in [0.25, 0.3) is 0 Å². The van der Waals surface area contributed by atoms with Crippen LogP contribution in [-0.4, -0.2) is 40.8 Å². The van der Waals surface area contributed by atoms with E-state index in [0.29, 0.717) is 5.56 Å². The summed E-state index contributed by atoms with van der Waals surface area (Å²) in [6.45, 7) is 15.1. The van der Waals surface area contributed by atoms with Crippen molar-refractivity contribution < 1.29 is 44.0 Å². The van der Waals surface area contributed by atoms with Crippen molar-refractivity contribution in [1.29, 1.82) is 0 Å². The molecular formula is C23H38O9. The summed E-state index contributed by atoms with van der Waals surface area (Å²) in [4.78, 5) is 47.4. The predicted molar refractivity (Wildman–Crippen MR) is 117 cm³/mol. The van der Waals surface area contributed by atoms with Crippen LogP contribution in [0.1, 0.15) is 85.0 Å². The fraction of sp³-hybridized carbons (Fsp3) is 0.652. The van der Waals surface area contributed by atoms with Gasteiger partial charge in [0.1, 0.15) is 6.42 Å². The zero-order valence-corrected chi connectivity index (χ0v) is 20.4. The van der Waals surface area contributed by atoms with Gasteiger partial charge in [0.2, 0.25) is 5.79 Å². The van der Waals surface area contributed by atoms with E-state index in [2.05, 4.69) is 4.89 Å². The summed E-state index contributed by atoms with van der Waals surface area (Å²) in [5.74, 6) is -2.56. The number of benzene rings is 1. The Morgan fingerprint density at radius 3 is 1.66 bits per heavy atom. The normalized spacial score (nSPS) is 11.9. The van der Waals surface area contributed by atoms with Crippen LogP contribution in [0.25, 0.3) is 0 Å². The van der Waals surface area contributed by atoms with Gasteiger partial charge in [0, 0.05) is 0 Å². The third kappa shape index (κ3) is 12.7. The molecule has 1 N–H and O–H groups in total. The largest absolute Gasteiger partial charge is 0.466 e. The Hall–Kier alpha value is -2.04. The average molecular weight is 459 g/mol. The van der Waals surface area contributed by atoms with Gasteiger partial charge in [-0.15, -0.1) is 0 Å². The second-order valence-corrected chi connectivity index (χ2v) is 8.42. The molecule has 0 amide bonds. The molecule has 184 valence electrons. The molecule has 0 radical (unpaired) electrons. The fourth-order valence-electron chi connectivity index (χ4n) is 1.69. The monoisotopic (exact) mass is 458 g/mol. The lowest BCUT2D eigenvalue weighted by Gasteiger charge is -2.33. The molecule has 1 aromatic carbocycles. The third-order valence-corrected chi connectivity index (χ3v) is 4.45. The quantitative estimate of drug-likeness (QED) is 0.194. The maximum Gasteiger partial charge on any atom is 0.372 e. The van der Waals surface area contributed by atoms with Crippen LogP contribution in [0.3, 0.4) is 0 Å². The van der Waals surface area contributed by atoms with Crippen molar-refractivity contribution >= 4 is 11.9 Å². The van der Waals surface area contributed by atoms with Gasteiger partial charge in [-0.3, -0.25) is 9.68 Å². The number of rotatable bonds is 12. The maximum absolute atomic E-state index is 11.8. The Balaban J connectivity index is 0.000000792. The zero-order chi connectivity index (χ0) is 24.8. The van der Waals surface area contributed by atoms with Crippen molar-refractivity contribution in [3.8, 4) is 0 Å². The first-order valence-corrected chi connectivity index (χ1v) is 10.6. The van der Waals surface area contributed by atoms with Crippen molar-refractivity contribution in [3.63, 3.8) is 0 Å². The molecule has 0 aliphatic carbocycles. The van der Waals surface area contributed by atoms with Gasteiger partial charge in [-0.1, -0.05) is 32.0 Å². The van der Waals surface area contributed by atoms with Crippen LogP contribution in [0.4, 0.5) is 0 Å². The Kier molecular flexibility index (Phi) is 13.3. The Bertz CT molecular complexity index is 651. The second kappa shape index (κ2) is 14.2. The molecule has 0 fully saturated rings. The van der Waals surface area contributed by atoms with Crippen molar-refractivity contribution in [3.05, 3.63) is 35.9 Å². The number of ether oxygens (including phenoxy) is 1. The van der Waals surface area contributed by atoms with E-state index in [9.17, 15) is 9.59 Å². The van der Waals surface area contributed by atoms with Gasteiger partial charge < -0.3 is 4.74 Å². The van der Waals surface area contributed by atoms with Gasteiger partial charge in [-0.25, -0.2) is 14.6 Å². The van der Waals surface area contributed by atoms with E-state index >= 15 is 0 Å². The summed E-state index contributed by atoms with van der Waals surface area (Å²) in [5.41, 5.74) is -0.663. The minimum absolute atomic E-state index is 0.138. The SMILES string of the molecule is CCOC(=O)CC(C)(OOC(C)(C)CC)OOC(C)(C)CC.O=C(OO)c1ccccc1. The van der Waals surface area contributed by atoms with Gasteiger partial charge in [-0.2, -0.15) is 15.0 Å². The van der Waals surface area contributed by atoms with E-state index < -0.39 is 28.9 Å². The van der Waals surface area contributed by atoms with E-state index in [1.807, 2.05) is 41.5 Å². The number of hydrogen-bond acceptors (Lipinski definition) is 9. The Labute approximate surface area is 190 Å². The summed E-state index contributed by atoms with van der Waals surface area (Å²) < 4.78 is 4.94. The molecule has 0 atom stereocenters. The molecule has 0 aliphatic heterocycles. The van der Waals surface area contributed by atoms with E-state index in [0.717, 1.165) is 12.8 Å². The van der Waals surface area contributed by atoms with Crippen molar-refractivity contribution in [1.82, 2.24) is 0 Å². The first kappa shape index (κ1) is 30.0. The molecule has 32 heavy (non-hydrogen) atoms. The molecule has 0 bridgehead atoms. The molecule has 0 unspecified atom stereocenters. The highest BCUT2D eigenvalue weighted by Gasteiger charge is 2.37. The molecule has 0 heterocycles. The van der Waals surface area contributed by atoms with E-state index in [-0.39, 0.29) is 13.0 Å². The lowest BCUT2D eigenvalue weighted by atomic mass is 10.1. The number of esters is 1. The third-order valence-electron chi connectivity index (χ3n) is 4.45. The average Bonchev–Trinajstić information content (AvgIpc) is 2.77. The highest BCUT2D eigenvalue weighted by molar-refractivity contribution is 5.88. The minimum Gasteiger partial charge on any atom is -0.466 e. The highest BCUT2D eigenvalue weighted by Crippen LogP contribution is 2.27. The maximum atomic E-state index is 11.8. The molecule has 1 rings (SSSR count). The summed E-state index contributed by atoms with van der Waals surface area (Å²) in [6.07, 6.45) is 1.34. The standard InChI is InChI=1S/C16H32O6.C7H6O3/c1-9-14(4,5)19-21-16(8,12-13(17)18-11-3)22-20-15(6,7)10-2;8-7(10-9)6-4-2-1-3-5-6/h9-12H2,1-8H3;1-5,9H. The van der Waals surface area contributed by atoms with E-state index in [1.165, 1.54) is 0 Å². The van der Waals surface area contributed by atoms with Crippen LogP contribution < -0.4 is 0 Å². The highest BCUT2D eigenvalue weighted by atomic mass is 17.3. The van der Waals surface area contributed by atoms with Gasteiger partial charge in [0.15, 0.2) is 0 Å². The van der Waals surface area contributed by atoms with Gasteiger partial charge in [-0.05, 0) is 66.5 Å².